The number of rotatable bonds is 5. The van der Waals surface area contributed by atoms with Crippen molar-refractivity contribution in [3.05, 3.63) is 16.0 Å². The van der Waals surface area contributed by atoms with E-state index in [0.29, 0.717) is 12.1 Å². The Kier molecular flexibility index (Phi) is 4.88. The second-order valence-corrected chi connectivity index (χ2v) is 6.59. The minimum Gasteiger partial charge on any atom is -0.481 e. The molecule has 6 heteroatoms. The van der Waals surface area contributed by atoms with Crippen LogP contribution in [0.5, 0.6) is 0 Å². The van der Waals surface area contributed by atoms with Gasteiger partial charge in [-0.1, -0.05) is 6.92 Å². The Bertz CT molecular complexity index is 552. The van der Waals surface area contributed by atoms with Gasteiger partial charge in [-0.05, 0) is 31.2 Å². The summed E-state index contributed by atoms with van der Waals surface area (Å²) in [6.07, 6.45) is 4.12. The maximum absolute atomic E-state index is 12.1. The van der Waals surface area contributed by atoms with Crippen LogP contribution >= 0.6 is 11.3 Å². The summed E-state index contributed by atoms with van der Waals surface area (Å²) in [6.45, 7) is 2.04. The second-order valence-electron chi connectivity index (χ2n) is 5.50. The molecule has 1 N–H and O–H groups in total. The first-order valence-corrected chi connectivity index (χ1v) is 7.94. The van der Waals surface area contributed by atoms with Crippen LogP contribution in [0, 0.1) is 5.92 Å². The fourth-order valence-electron chi connectivity index (χ4n) is 2.70. The Morgan fingerprint density at radius 1 is 1.38 bits per heavy atom. The van der Waals surface area contributed by atoms with E-state index >= 15 is 0 Å². The Morgan fingerprint density at radius 2 is 2.05 bits per heavy atom. The maximum atomic E-state index is 12.1. The number of methoxy groups -OCH3 is 1. The molecule has 0 aliphatic heterocycles. The summed E-state index contributed by atoms with van der Waals surface area (Å²) >= 11 is 1.60. The number of hydrogen-bond acceptors (Lipinski definition) is 5. The number of carbonyl (C=O) groups excluding carboxylic acids is 1. The fraction of sp³-hybridized carbons (Fsp3) is 0.600. The zero-order valence-corrected chi connectivity index (χ0v) is 13.5. The number of esters is 1. The van der Waals surface area contributed by atoms with E-state index in [0.717, 1.165) is 36.2 Å². The number of carboxylic acids is 1. The Hall–Kier alpha value is -1.56. The molecule has 1 aromatic heterocycles. The predicted molar refractivity (Wildman–Crippen MR) is 82.4 cm³/mol. The van der Waals surface area contributed by atoms with E-state index in [1.165, 1.54) is 12.0 Å². The van der Waals surface area contributed by atoms with Crippen LogP contribution in [-0.4, -0.2) is 37.7 Å². The third-order valence-corrected chi connectivity index (χ3v) is 5.26. The number of aliphatic carboxylic acids is 1. The van der Waals surface area contributed by atoms with E-state index in [4.69, 9.17) is 9.84 Å². The van der Waals surface area contributed by atoms with Crippen molar-refractivity contribution in [3.8, 4) is 0 Å². The van der Waals surface area contributed by atoms with Crippen molar-refractivity contribution in [2.45, 2.75) is 32.6 Å². The van der Waals surface area contributed by atoms with Crippen LogP contribution in [-0.2, 0) is 22.4 Å². The van der Waals surface area contributed by atoms with Crippen LogP contribution in [0.4, 0.5) is 5.00 Å². The molecule has 21 heavy (non-hydrogen) atoms. The smallest absolute Gasteiger partial charge is 0.341 e. The van der Waals surface area contributed by atoms with Gasteiger partial charge in [0.15, 0.2) is 0 Å². The average molecular weight is 311 g/mol. The summed E-state index contributed by atoms with van der Waals surface area (Å²) < 4.78 is 4.93. The third kappa shape index (κ3) is 3.20. The SMILES string of the molecule is COC(=O)c1c(N(C)CC(C)C(=O)O)sc2c1CCCC2. The van der Waals surface area contributed by atoms with Gasteiger partial charge in [-0.15, -0.1) is 11.3 Å². The topological polar surface area (TPSA) is 66.8 Å². The largest absolute Gasteiger partial charge is 0.481 e. The van der Waals surface area contributed by atoms with Crippen molar-refractivity contribution in [1.82, 2.24) is 0 Å². The third-order valence-electron chi connectivity index (χ3n) is 3.86. The fourth-order valence-corrected chi connectivity index (χ4v) is 4.05. The number of carboxylic acid groups (broad SMARTS) is 1. The van der Waals surface area contributed by atoms with Crippen LogP contribution in [0.15, 0.2) is 0 Å². The first-order chi connectivity index (χ1) is 9.95. The zero-order valence-electron chi connectivity index (χ0n) is 12.6. The minimum absolute atomic E-state index is 0.320. The van der Waals surface area contributed by atoms with Crippen LogP contribution in [0.1, 0.15) is 40.6 Å². The molecule has 1 aliphatic rings. The molecular formula is C15H21NO4S. The van der Waals surface area contributed by atoms with Crippen molar-refractivity contribution < 1.29 is 19.4 Å². The van der Waals surface area contributed by atoms with Crippen molar-refractivity contribution in [2.24, 2.45) is 5.92 Å². The van der Waals surface area contributed by atoms with Gasteiger partial charge >= 0.3 is 11.9 Å². The van der Waals surface area contributed by atoms with Crippen LogP contribution in [0.25, 0.3) is 0 Å². The summed E-state index contributed by atoms with van der Waals surface area (Å²) in [6, 6.07) is 0. The number of thiophene rings is 1. The number of ether oxygens (including phenoxy) is 1. The van der Waals surface area contributed by atoms with E-state index in [-0.39, 0.29) is 5.97 Å². The molecule has 1 aliphatic carbocycles. The molecule has 0 spiro atoms. The highest BCUT2D eigenvalue weighted by Crippen LogP contribution is 2.40. The number of hydrogen-bond donors (Lipinski definition) is 1. The first-order valence-electron chi connectivity index (χ1n) is 7.12. The summed E-state index contributed by atoms with van der Waals surface area (Å²) in [5, 5.41) is 9.88. The minimum atomic E-state index is -0.831. The van der Waals surface area contributed by atoms with Gasteiger partial charge in [0.25, 0.3) is 0 Å². The maximum Gasteiger partial charge on any atom is 0.341 e. The molecule has 0 saturated carbocycles. The van der Waals surface area contributed by atoms with Gasteiger partial charge in [-0.2, -0.15) is 0 Å². The number of anilines is 1. The summed E-state index contributed by atoms with van der Waals surface area (Å²) in [4.78, 5) is 26.3. The molecule has 1 atom stereocenters. The summed E-state index contributed by atoms with van der Waals surface area (Å²) in [7, 11) is 3.22. The number of nitrogens with zero attached hydrogens (tertiary/aromatic N) is 1. The molecule has 2 rings (SSSR count). The molecule has 0 saturated heterocycles. The molecular weight excluding hydrogens is 290 g/mol. The first kappa shape index (κ1) is 15.8. The molecule has 0 amide bonds. The summed E-state index contributed by atoms with van der Waals surface area (Å²) in [5.74, 6) is -1.64. The predicted octanol–water partition coefficient (Wildman–Crippen LogP) is 2.57. The van der Waals surface area contributed by atoms with Crippen LogP contribution in [0.3, 0.4) is 0 Å². The Labute approximate surface area is 128 Å². The van der Waals surface area contributed by atoms with Crippen molar-refractivity contribution in [2.75, 3.05) is 25.6 Å². The molecule has 5 nitrogen and oxygen atoms in total. The van der Waals surface area contributed by atoms with Crippen molar-refractivity contribution in [1.29, 1.82) is 0 Å². The summed E-state index contributed by atoms with van der Waals surface area (Å²) in [5.41, 5.74) is 1.74. The van der Waals surface area contributed by atoms with E-state index in [2.05, 4.69) is 0 Å². The normalized spacial score (nSPS) is 15.2. The monoisotopic (exact) mass is 311 g/mol. The molecule has 1 aromatic rings. The van der Waals surface area contributed by atoms with E-state index in [1.807, 2.05) is 11.9 Å². The van der Waals surface area contributed by atoms with Crippen molar-refractivity contribution >= 4 is 28.3 Å². The number of carbonyl (C=O) groups is 2. The van der Waals surface area contributed by atoms with E-state index in [1.54, 1.807) is 18.3 Å². The second kappa shape index (κ2) is 6.47. The van der Waals surface area contributed by atoms with Gasteiger partial charge in [0, 0.05) is 18.5 Å². The van der Waals surface area contributed by atoms with Gasteiger partial charge in [0.05, 0.1) is 18.6 Å². The number of fused-ring (bicyclic) bond motifs is 1. The molecule has 0 aromatic carbocycles. The quantitative estimate of drug-likeness (QED) is 0.847. The zero-order chi connectivity index (χ0) is 15.6. The number of aryl methyl sites for hydroxylation is 1. The molecule has 1 heterocycles. The van der Waals surface area contributed by atoms with Crippen molar-refractivity contribution in [3.63, 3.8) is 0 Å². The van der Waals surface area contributed by atoms with Crippen LogP contribution < -0.4 is 4.90 Å². The molecule has 1 unspecified atom stereocenters. The lowest BCUT2D eigenvalue weighted by Gasteiger charge is -2.21. The average Bonchev–Trinajstić information content (AvgIpc) is 2.85. The lowest BCUT2D eigenvalue weighted by atomic mass is 9.95. The molecule has 0 radical (unpaired) electrons. The van der Waals surface area contributed by atoms with E-state index in [9.17, 15) is 9.59 Å². The lowest BCUT2D eigenvalue weighted by Crippen LogP contribution is -2.29. The van der Waals surface area contributed by atoms with Crippen LogP contribution in [0.2, 0.25) is 0 Å². The molecule has 116 valence electrons. The highest BCUT2D eigenvalue weighted by molar-refractivity contribution is 7.16. The van der Waals surface area contributed by atoms with Gasteiger partial charge in [-0.3, -0.25) is 4.79 Å². The lowest BCUT2D eigenvalue weighted by molar-refractivity contribution is -0.140. The van der Waals surface area contributed by atoms with Gasteiger partial charge in [0.2, 0.25) is 0 Å². The Balaban J connectivity index is 2.35. The standard InChI is InChI=1S/C15H21NO4S/c1-9(14(17)18)8-16(2)13-12(15(19)20-3)10-6-4-5-7-11(10)21-13/h9H,4-8H2,1-3H3,(H,17,18). The highest BCUT2D eigenvalue weighted by atomic mass is 32.1. The van der Waals surface area contributed by atoms with E-state index < -0.39 is 11.9 Å². The molecule has 0 fully saturated rings. The van der Waals surface area contributed by atoms with Gasteiger partial charge in [-0.25, -0.2) is 4.79 Å². The highest BCUT2D eigenvalue weighted by Gasteiger charge is 2.28. The van der Waals surface area contributed by atoms with Gasteiger partial charge in [0.1, 0.15) is 5.00 Å². The molecule has 0 bridgehead atoms. The van der Waals surface area contributed by atoms with Gasteiger partial charge < -0.3 is 14.7 Å². The Morgan fingerprint density at radius 3 is 2.67 bits per heavy atom.